The van der Waals surface area contributed by atoms with Crippen molar-refractivity contribution in [2.75, 3.05) is 17.7 Å². The fraction of sp³-hybridized carbons (Fsp3) is 0.429. The number of hydrogen-bond donors (Lipinski definition) is 1. The van der Waals surface area contributed by atoms with E-state index in [1.54, 1.807) is 20.8 Å². The van der Waals surface area contributed by atoms with Gasteiger partial charge in [0.1, 0.15) is 12.1 Å². The number of sulfone groups is 1. The number of benzene rings is 1. The Morgan fingerprint density at radius 3 is 2.05 bits per heavy atom. The Balaban J connectivity index is 3.12. The Morgan fingerprint density at radius 1 is 1.18 bits per heavy atom. The molecule has 0 heterocycles. The molecule has 0 aliphatic rings. The maximum atomic E-state index is 12.1. The molecule has 1 aromatic carbocycles. The van der Waals surface area contributed by atoms with Gasteiger partial charge in [-0.2, -0.15) is 0 Å². The second kappa shape index (κ2) is 6.35. The molecule has 22 heavy (non-hydrogen) atoms. The maximum Gasteiger partial charge on any atom is 0.415 e. The van der Waals surface area contributed by atoms with Gasteiger partial charge in [0, 0.05) is 11.9 Å². The summed E-state index contributed by atoms with van der Waals surface area (Å²) < 4.78 is 28.0. The number of nitrogens with zero attached hydrogens (tertiary/aromatic N) is 1. The summed E-state index contributed by atoms with van der Waals surface area (Å²) in [6.07, 6.45) is 0.243. The average Bonchev–Trinajstić information content (AvgIpc) is 2.32. The molecule has 0 fully saturated rings. The SMILES string of the molecule is CC(C)(C)OC(=O)N(CC(=O)O)c1ccc(S(C)(=O)=O)cc1. The smallest absolute Gasteiger partial charge is 0.415 e. The Kier molecular flexibility index (Phi) is 5.18. The van der Waals surface area contributed by atoms with Crippen molar-refractivity contribution >= 4 is 27.6 Å². The molecule has 0 aromatic heterocycles. The third-order valence-electron chi connectivity index (χ3n) is 2.48. The minimum absolute atomic E-state index is 0.0794. The third kappa shape index (κ3) is 5.36. The Hall–Kier alpha value is -2.09. The van der Waals surface area contributed by atoms with Crippen molar-refractivity contribution in [1.82, 2.24) is 0 Å². The first-order valence-electron chi connectivity index (χ1n) is 6.42. The molecule has 1 N–H and O–H groups in total. The zero-order valence-corrected chi connectivity index (χ0v) is 13.7. The number of carbonyl (C=O) groups excluding carboxylic acids is 1. The predicted molar refractivity (Wildman–Crippen MR) is 80.8 cm³/mol. The van der Waals surface area contributed by atoms with Crippen LogP contribution in [0.1, 0.15) is 20.8 Å². The molecule has 0 unspecified atom stereocenters. The number of ether oxygens (including phenoxy) is 1. The van der Waals surface area contributed by atoms with E-state index >= 15 is 0 Å². The second-order valence-electron chi connectivity index (χ2n) is 5.73. The third-order valence-corrected chi connectivity index (χ3v) is 3.61. The lowest BCUT2D eigenvalue weighted by Gasteiger charge is -2.26. The highest BCUT2D eigenvalue weighted by atomic mass is 32.2. The topological polar surface area (TPSA) is 101 Å². The lowest BCUT2D eigenvalue weighted by Crippen LogP contribution is -2.40. The second-order valence-corrected chi connectivity index (χ2v) is 7.74. The Morgan fingerprint density at radius 2 is 1.68 bits per heavy atom. The molecule has 1 amide bonds. The summed E-state index contributed by atoms with van der Waals surface area (Å²) >= 11 is 0. The number of rotatable bonds is 4. The van der Waals surface area contributed by atoms with E-state index in [9.17, 15) is 18.0 Å². The zero-order chi connectivity index (χ0) is 17.1. The van der Waals surface area contributed by atoms with Crippen LogP contribution < -0.4 is 4.90 Å². The Labute approximate surface area is 129 Å². The van der Waals surface area contributed by atoms with Crippen molar-refractivity contribution in [1.29, 1.82) is 0 Å². The van der Waals surface area contributed by atoms with Gasteiger partial charge in [0.15, 0.2) is 9.84 Å². The van der Waals surface area contributed by atoms with E-state index in [1.807, 2.05) is 0 Å². The lowest BCUT2D eigenvalue weighted by atomic mass is 10.2. The van der Waals surface area contributed by atoms with Crippen LogP contribution >= 0.6 is 0 Å². The first-order chi connectivity index (χ1) is 9.90. The first kappa shape index (κ1) is 18.0. The average molecular weight is 329 g/mol. The molecular formula is C14H19NO6S. The number of carboxylic acids is 1. The van der Waals surface area contributed by atoms with Gasteiger partial charge in [0.2, 0.25) is 0 Å². The van der Waals surface area contributed by atoms with Gasteiger partial charge in [0.25, 0.3) is 0 Å². The van der Waals surface area contributed by atoms with E-state index < -0.39 is 34.0 Å². The predicted octanol–water partition coefficient (Wildman–Crippen LogP) is 1.92. The van der Waals surface area contributed by atoms with E-state index in [2.05, 4.69) is 0 Å². The van der Waals surface area contributed by atoms with Crippen molar-refractivity contribution in [3.8, 4) is 0 Å². The van der Waals surface area contributed by atoms with Gasteiger partial charge in [-0.3, -0.25) is 9.69 Å². The molecule has 1 rings (SSSR count). The number of carbonyl (C=O) groups is 2. The van der Waals surface area contributed by atoms with Crippen LogP contribution in [0.5, 0.6) is 0 Å². The number of amides is 1. The van der Waals surface area contributed by atoms with Crippen LogP contribution in [0.3, 0.4) is 0 Å². The van der Waals surface area contributed by atoms with E-state index in [4.69, 9.17) is 9.84 Å². The molecule has 0 saturated carbocycles. The van der Waals surface area contributed by atoms with Crippen LogP contribution in [-0.2, 0) is 19.4 Å². The molecule has 0 bridgehead atoms. The molecular weight excluding hydrogens is 310 g/mol. The molecule has 8 heteroatoms. The lowest BCUT2D eigenvalue weighted by molar-refractivity contribution is -0.135. The van der Waals surface area contributed by atoms with Crippen LogP contribution in [0.2, 0.25) is 0 Å². The number of carboxylic acid groups (broad SMARTS) is 1. The summed E-state index contributed by atoms with van der Waals surface area (Å²) in [5.74, 6) is -1.21. The molecule has 0 radical (unpaired) electrons. The summed E-state index contributed by atoms with van der Waals surface area (Å²) in [5.41, 5.74) is -0.537. The monoisotopic (exact) mass is 329 g/mol. The minimum Gasteiger partial charge on any atom is -0.480 e. The molecule has 0 saturated heterocycles. The standard InChI is InChI=1S/C14H19NO6S/c1-14(2,3)21-13(18)15(9-12(16)17)10-5-7-11(8-6-10)22(4,19)20/h5-8H,9H2,1-4H3,(H,16,17). The van der Waals surface area contributed by atoms with Crippen LogP contribution in [0, 0.1) is 0 Å². The van der Waals surface area contributed by atoms with E-state index in [0.717, 1.165) is 11.2 Å². The van der Waals surface area contributed by atoms with E-state index in [1.165, 1.54) is 24.3 Å². The van der Waals surface area contributed by atoms with Crippen molar-refractivity contribution in [2.45, 2.75) is 31.3 Å². The van der Waals surface area contributed by atoms with Gasteiger partial charge < -0.3 is 9.84 Å². The molecule has 0 atom stereocenters. The fourth-order valence-electron chi connectivity index (χ4n) is 1.59. The molecule has 0 aliphatic carbocycles. The molecule has 1 aromatic rings. The number of hydrogen-bond acceptors (Lipinski definition) is 5. The number of aliphatic carboxylic acids is 1. The molecule has 7 nitrogen and oxygen atoms in total. The maximum absolute atomic E-state index is 12.1. The normalized spacial score (nSPS) is 11.8. The van der Waals surface area contributed by atoms with Crippen LogP contribution in [0.4, 0.5) is 10.5 Å². The van der Waals surface area contributed by atoms with Gasteiger partial charge in [-0.25, -0.2) is 13.2 Å². The van der Waals surface area contributed by atoms with Crippen molar-refractivity contribution in [2.24, 2.45) is 0 Å². The summed E-state index contributed by atoms with van der Waals surface area (Å²) in [7, 11) is -3.37. The van der Waals surface area contributed by atoms with Gasteiger partial charge in [0.05, 0.1) is 4.90 Å². The van der Waals surface area contributed by atoms with Crippen LogP contribution in [0.15, 0.2) is 29.2 Å². The molecule has 0 spiro atoms. The van der Waals surface area contributed by atoms with Crippen LogP contribution in [-0.4, -0.2) is 44.0 Å². The Bertz CT molecular complexity index is 658. The highest BCUT2D eigenvalue weighted by molar-refractivity contribution is 7.90. The quantitative estimate of drug-likeness (QED) is 0.905. The minimum atomic E-state index is -3.37. The molecule has 0 aliphatic heterocycles. The highest BCUT2D eigenvalue weighted by Gasteiger charge is 2.25. The van der Waals surface area contributed by atoms with Crippen molar-refractivity contribution in [3.63, 3.8) is 0 Å². The summed E-state index contributed by atoms with van der Waals surface area (Å²) in [6, 6.07) is 5.35. The zero-order valence-electron chi connectivity index (χ0n) is 12.9. The summed E-state index contributed by atoms with van der Waals surface area (Å²) in [4.78, 5) is 24.0. The van der Waals surface area contributed by atoms with Crippen LogP contribution in [0.25, 0.3) is 0 Å². The van der Waals surface area contributed by atoms with Gasteiger partial charge in [-0.05, 0) is 45.0 Å². The van der Waals surface area contributed by atoms with Gasteiger partial charge in [-0.15, -0.1) is 0 Å². The number of anilines is 1. The molecule has 122 valence electrons. The van der Waals surface area contributed by atoms with Gasteiger partial charge in [-0.1, -0.05) is 0 Å². The van der Waals surface area contributed by atoms with E-state index in [-0.39, 0.29) is 10.6 Å². The summed E-state index contributed by atoms with van der Waals surface area (Å²) in [5, 5.41) is 8.93. The summed E-state index contributed by atoms with van der Waals surface area (Å²) in [6.45, 7) is 4.40. The van der Waals surface area contributed by atoms with E-state index in [0.29, 0.717) is 0 Å². The van der Waals surface area contributed by atoms with Gasteiger partial charge >= 0.3 is 12.1 Å². The van der Waals surface area contributed by atoms with Crippen molar-refractivity contribution in [3.05, 3.63) is 24.3 Å². The first-order valence-corrected chi connectivity index (χ1v) is 8.32. The largest absolute Gasteiger partial charge is 0.480 e. The fourth-order valence-corrected chi connectivity index (χ4v) is 2.22. The highest BCUT2D eigenvalue weighted by Crippen LogP contribution is 2.20. The van der Waals surface area contributed by atoms with Crippen molar-refractivity contribution < 1.29 is 27.9 Å².